The Morgan fingerprint density at radius 2 is 1.95 bits per heavy atom. The SMILES string of the molecule is CC1CCC(NC(=O)N2CCCC(C)C2)(C(N)=NO)CC1. The molecule has 2 aliphatic rings. The lowest BCUT2D eigenvalue weighted by molar-refractivity contribution is 0.154. The molecule has 1 atom stereocenters. The molecule has 1 heterocycles. The zero-order chi connectivity index (χ0) is 15.5. The molecular weight excluding hydrogens is 268 g/mol. The maximum absolute atomic E-state index is 12.5. The van der Waals surface area contributed by atoms with Crippen molar-refractivity contribution in [1.29, 1.82) is 0 Å². The molecule has 2 rings (SSSR count). The zero-order valence-corrected chi connectivity index (χ0v) is 13.1. The molecular formula is C15H28N4O2. The average molecular weight is 296 g/mol. The highest BCUT2D eigenvalue weighted by Gasteiger charge is 2.41. The monoisotopic (exact) mass is 296 g/mol. The predicted octanol–water partition coefficient (Wildman–Crippen LogP) is 2.12. The molecule has 4 N–H and O–H groups in total. The molecule has 1 saturated heterocycles. The summed E-state index contributed by atoms with van der Waals surface area (Å²) < 4.78 is 0. The third-order valence-corrected chi connectivity index (χ3v) is 5.02. The Morgan fingerprint density at radius 3 is 2.52 bits per heavy atom. The topological polar surface area (TPSA) is 91.0 Å². The fourth-order valence-electron chi connectivity index (χ4n) is 3.45. The van der Waals surface area contributed by atoms with Crippen LogP contribution < -0.4 is 11.1 Å². The lowest BCUT2D eigenvalue weighted by atomic mass is 9.76. The van der Waals surface area contributed by atoms with E-state index in [2.05, 4.69) is 24.3 Å². The Kier molecular flexibility index (Phi) is 4.96. The van der Waals surface area contributed by atoms with E-state index in [9.17, 15) is 4.79 Å². The summed E-state index contributed by atoms with van der Waals surface area (Å²) >= 11 is 0. The smallest absolute Gasteiger partial charge is 0.318 e. The quantitative estimate of drug-likeness (QED) is 0.315. The Hall–Kier alpha value is -1.46. The molecule has 0 radical (unpaired) electrons. The number of piperidine rings is 1. The van der Waals surface area contributed by atoms with Crippen molar-refractivity contribution in [2.45, 2.75) is 57.9 Å². The van der Waals surface area contributed by atoms with Gasteiger partial charge >= 0.3 is 6.03 Å². The Labute approximate surface area is 126 Å². The van der Waals surface area contributed by atoms with Crippen molar-refractivity contribution < 1.29 is 10.0 Å². The van der Waals surface area contributed by atoms with E-state index < -0.39 is 5.54 Å². The Bertz CT molecular complexity index is 402. The summed E-state index contributed by atoms with van der Waals surface area (Å²) in [5.41, 5.74) is 5.22. The number of amides is 2. The average Bonchev–Trinajstić information content (AvgIpc) is 2.49. The fraction of sp³-hybridized carbons (Fsp3) is 0.867. The number of nitrogens with one attached hydrogen (secondary N) is 1. The molecule has 21 heavy (non-hydrogen) atoms. The van der Waals surface area contributed by atoms with Crippen LogP contribution in [0.2, 0.25) is 0 Å². The molecule has 1 aliphatic carbocycles. The second-order valence-electron chi connectivity index (χ2n) is 6.87. The number of oxime groups is 1. The molecule has 1 unspecified atom stereocenters. The summed E-state index contributed by atoms with van der Waals surface area (Å²) in [6.07, 6.45) is 5.65. The number of carbonyl (C=O) groups is 1. The number of likely N-dealkylation sites (tertiary alicyclic amines) is 1. The highest BCUT2D eigenvalue weighted by molar-refractivity contribution is 5.93. The van der Waals surface area contributed by atoms with Gasteiger partial charge in [0.25, 0.3) is 0 Å². The van der Waals surface area contributed by atoms with Crippen molar-refractivity contribution in [1.82, 2.24) is 10.2 Å². The summed E-state index contributed by atoms with van der Waals surface area (Å²) in [5, 5.41) is 15.3. The first-order valence-corrected chi connectivity index (χ1v) is 8.02. The van der Waals surface area contributed by atoms with E-state index in [0.717, 1.165) is 45.2 Å². The molecule has 0 bridgehead atoms. The second-order valence-corrected chi connectivity index (χ2v) is 6.87. The van der Waals surface area contributed by atoms with Gasteiger partial charge in [-0.2, -0.15) is 0 Å². The van der Waals surface area contributed by atoms with Crippen LogP contribution in [0.3, 0.4) is 0 Å². The van der Waals surface area contributed by atoms with Gasteiger partial charge in [0, 0.05) is 13.1 Å². The first-order chi connectivity index (χ1) is 9.97. The number of amidine groups is 1. The third-order valence-electron chi connectivity index (χ3n) is 5.02. The van der Waals surface area contributed by atoms with E-state index in [1.165, 1.54) is 6.42 Å². The number of carbonyl (C=O) groups excluding carboxylic acids is 1. The summed E-state index contributed by atoms with van der Waals surface area (Å²) in [5.74, 6) is 1.29. The van der Waals surface area contributed by atoms with Crippen LogP contribution in [0.15, 0.2) is 5.16 Å². The van der Waals surface area contributed by atoms with Gasteiger partial charge in [-0.3, -0.25) is 0 Å². The van der Waals surface area contributed by atoms with Gasteiger partial charge in [0.1, 0.15) is 5.54 Å². The first-order valence-electron chi connectivity index (χ1n) is 8.02. The number of nitrogens with two attached hydrogens (primary N) is 1. The minimum Gasteiger partial charge on any atom is -0.409 e. The molecule has 0 aromatic carbocycles. The van der Waals surface area contributed by atoms with Crippen LogP contribution in [-0.4, -0.2) is 40.6 Å². The van der Waals surface area contributed by atoms with Crippen LogP contribution in [0, 0.1) is 11.8 Å². The third kappa shape index (κ3) is 3.60. The Morgan fingerprint density at radius 1 is 1.29 bits per heavy atom. The van der Waals surface area contributed by atoms with Crippen molar-refractivity contribution in [2.24, 2.45) is 22.7 Å². The molecule has 2 amide bonds. The molecule has 0 aromatic heterocycles. The van der Waals surface area contributed by atoms with E-state index >= 15 is 0 Å². The van der Waals surface area contributed by atoms with Crippen molar-refractivity contribution in [2.75, 3.05) is 13.1 Å². The van der Waals surface area contributed by atoms with E-state index in [1.807, 2.05) is 4.90 Å². The number of hydrogen-bond donors (Lipinski definition) is 3. The molecule has 0 spiro atoms. The molecule has 1 aliphatic heterocycles. The normalized spacial score (nSPS) is 34.6. The van der Waals surface area contributed by atoms with Gasteiger partial charge in [-0.15, -0.1) is 0 Å². The van der Waals surface area contributed by atoms with Gasteiger partial charge in [-0.05, 0) is 50.4 Å². The van der Waals surface area contributed by atoms with Crippen LogP contribution in [0.4, 0.5) is 4.79 Å². The van der Waals surface area contributed by atoms with Gasteiger partial charge in [0.05, 0.1) is 0 Å². The molecule has 120 valence electrons. The summed E-state index contributed by atoms with van der Waals surface area (Å²) in [4.78, 5) is 14.4. The van der Waals surface area contributed by atoms with Crippen LogP contribution in [0.1, 0.15) is 52.4 Å². The van der Waals surface area contributed by atoms with Crippen molar-refractivity contribution >= 4 is 11.9 Å². The van der Waals surface area contributed by atoms with Crippen molar-refractivity contribution in [3.63, 3.8) is 0 Å². The van der Waals surface area contributed by atoms with Gasteiger partial charge < -0.3 is 21.2 Å². The molecule has 0 aromatic rings. The highest BCUT2D eigenvalue weighted by Crippen LogP contribution is 2.32. The number of rotatable bonds is 2. The van der Waals surface area contributed by atoms with Crippen LogP contribution in [0.5, 0.6) is 0 Å². The van der Waals surface area contributed by atoms with Crippen molar-refractivity contribution in [3.8, 4) is 0 Å². The van der Waals surface area contributed by atoms with Crippen LogP contribution in [0.25, 0.3) is 0 Å². The molecule has 6 heteroatoms. The largest absolute Gasteiger partial charge is 0.409 e. The lowest BCUT2D eigenvalue weighted by Gasteiger charge is -2.41. The standard InChI is InChI=1S/C15H28N4O2/c1-11-5-7-15(8-6-11,13(16)18-21)17-14(20)19-9-3-4-12(2)10-19/h11-12,21H,3-10H2,1-2H3,(H2,16,18)(H,17,20). The summed E-state index contributed by atoms with van der Waals surface area (Å²) in [6, 6.07) is -0.0808. The van der Waals surface area contributed by atoms with E-state index in [1.54, 1.807) is 0 Å². The minimum absolute atomic E-state index is 0.0808. The van der Waals surface area contributed by atoms with E-state index in [-0.39, 0.29) is 11.9 Å². The predicted molar refractivity (Wildman–Crippen MR) is 82.3 cm³/mol. The molecule has 6 nitrogen and oxygen atoms in total. The minimum atomic E-state index is -0.682. The van der Waals surface area contributed by atoms with E-state index in [4.69, 9.17) is 10.9 Å². The highest BCUT2D eigenvalue weighted by atomic mass is 16.4. The van der Waals surface area contributed by atoms with Crippen molar-refractivity contribution in [3.05, 3.63) is 0 Å². The lowest BCUT2D eigenvalue weighted by Crippen LogP contribution is -2.62. The van der Waals surface area contributed by atoms with E-state index in [0.29, 0.717) is 11.8 Å². The summed E-state index contributed by atoms with van der Waals surface area (Å²) in [6.45, 7) is 5.94. The number of urea groups is 1. The fourth-order valence-corrected chi connectivity index (χ4v) is 3.45. The first kappa shape index (κ1) is 15.9. The van der Waals surface area contributed by atoms with Gasteiger partial charge in [0.15, 0.2) is 5.84 Å². The Balaban J connectivity index is 2.06. The van der Waals surface area contributed by atoms with Crippen LogP contribution >= 0.6 is 0 Å². The second kappa shape index (κ2) is 6.54. The molecule has 2 fully saturated rings. The number of hydrogen-bond acceptors (Lipinski definition) is 3. The zero-order valence-electron chi connectivity index (χ0n) is 13.1. The summed E-state index contributed by atoms with van der Waals surface area (Å²) in [7, 11) is 0. The molecule has 1 saturated carbocycles. The van der Waals surface area contributed by atoms with Gasteiger partial charge in [-0.25, -0.2) is 4.79 Å². The van der Waals surface area contributed by atoms with Gasteiger partial charge in [-0.1, -0.05) is 19.0 Å². The maximum atomic E-state index is 12.5. The van der Waals surface area contributed by atoms with Crippen LogP contribution in [-0.2, 0) is 0 Å². The maximum Gasteiger partial charge on any atom is 0.318 e. The number of nitrogens with zero attached hydrogens (tertiary/aromatic N) is 2. The van der Waals surface area contributed by atoms with Gasteiger partial charge in [0.2, 0.25) is 0 Å².